The summed E-state index contributed by atoms with van der Waals surface area (Å²) >= 11 is 0. The van der Waals surface area contributed by atoms with Crippen LogP contribution in [0.1, 0.15) is 45.4 Å². The summed E-state index contributed by atoms with van der Waals surface area (Å²) in [6.07, 6.45) is 6.30. The molecule has 0 aliphatic carbocycles. The van der Waals surface area contributed by atoms with Gasteiger partial charge in [-0.1, -0.05) is 45.3 Å². The van der Waals surface area contributed by atoms with Crippen molar-refractivity contribution in [3.8, 4) is 0 Å². The molecule has 0 amide bonds. The van der Waals surface area contributed by atoms with Crippen LogP contribution >= 0.6 is 0 Å². The zero-order valence-electron chi connectivity index (χ0n) is 12.0. The standard InChI is InChI=1S/C14H23N3O3/c1-3-5-6-7-8-11(15)10-12(18)13(17-16)14(19)20-9-4-2/h4,11H,2-3,5-10,15H2,1H3/t11-/m0/s1. The minimum absolute atomic E-state index is 0.0330. The normalized spacial score (nSPS) is 11.3. The Hall–Kier alpha value is -1.78. The van der Waals surface area contributed by atoms with E-state index in [1.54, 1.807) is 0 Å². The molecule has 1 atom stereocenters. The van der Waals surface area contributed by atoms with Crippen LogP contribution < -0.4 is 5.73 Å². The Morgan fingerprint density at radius 2 is 2.10 bits per heavy atom. The van der Waals surface area contributed by atoms with Gasteiger partial charge in [0, 0.05) is 12.5 Å². The molecule has 0 bridgehead atoms. The summed E-state index contributed by atoms with van der Waals surface area (Å²) in [5, 5.41) is 0. The molecule has 0 rings (SSSR count). The molecular formula is C14H23N3O3. The third kappa shape index (κ3) is 7.61. The molecule has 2 N–H and O–H groups in total. The Bertz CT molecular complexity index is 387. The Labute approximate surface area is 119 Å². The van der Waals surface area contributed by atoms with E-state index in [0.717, 1.165) is 25.7 Å². The van der Waals surface area contributed by atoms with Crippen molar-refractivity contribution in [1.82, 2.24) is 0 Å². The van der Waals surface area contributed by atoms with Crippen LogP contribution in [0.5, 0.6) is 0 Å². The fraction of sp³-hybridized carbons (Fsp3) is 0.643. The molecule has 0 aromatic heterocycles. The van der Waals surface area contributed by atoms with E-state index >= 15 is 0 Å². The smallest absolute Gasteiger partial charge is 0.441 e. The van der Waals surface area contributed by atoms with Gasteiger partial charge in [0.05, 0.1) is 0 Å². The Kier molecular flexibility index (Phi) is 10.1. The van der Waals surface area contributed by atoms with Gasteiger partial charge in [-0.2, -0.15) is 4.79 Å². The van der Waals surface area contributed by atoms with Gasteiger partial charge in [0.2, 0.25) is 0 Å². The van der Waals surface area contributed by atoms with Gasteiger partial charge in [-0.25, -0.2) is 4.79 Å². The number of carbonyl (C=O) groups is 2. The van der Waals surface area contributed by atoms with Gasteiger partial charge >= 0.3 is 11.7 Å². The second-order valence-electron chi connectivity index (χ2n) is 4.57. The van der Waals surface area contributed by atoms with E-state index in [-0.39, 0.29) is 19.1 Å². The SMILES string of the molecule is C=CCOC(=O)C(=[N+]=[N-])C(=O)C[C@@H](N)CCCCCC. The lowest BCUT2D eigenvalue weighted by molar-refractivity contribution is -0.141. The number of Topliss-reactive ketones (excluding diaryl/α,β-unsaturated/α-hetero) is 1. The van der Waals surface area contributed by atoms with Crippen molar-refractivity contribution in [3.63, 3.8) is 0 Å². The third-order valence-electron chi connectivity index (χ3n) is 2.77. The van der Waals surface area contributed by atoms with E-state index in [9.17, 15) is 9.59 Å². The predicted octanol–water partition coefficient (Wildman–Crippen LogP) is 1.64. The number of hydrogen-bond acceptors (Lipinski definition) is 4. The molecule has 20 heavy (non-hydrogen) atoms. The zero-order valence-corrected chi connectivity index (χ0v) is 12.0. The maximum Gasteiger partial charge on any atom is 0.441 e. The molecule has 0 unspecified atom stereocenters. The topological polar surface area (TPSA) is 106 Å². The molecule has 0 radical (unpaired) electrons. The van der Waals surface area contributed by atoms with Crippen LogP contribution in [0.4, 0.5) is 0 Å². The van der Waals surface area contributed by atoms with Gasteiger partial charge in [-0.15, -0.1) is 0 Å². The first-order valence-electron chi connectivity index (χ1n) is 6.85. The molecule has 0 heterocycles. The summed E-state index contributed by atoms with van der Waals surface area (Å²) in [5.74, 6) is -1.57. The molecule has 0 saturated carbocycles. The molecule has 0 spiro atoms. The summed E-state index contributed by atoms with van der Waals surface area (Å²) in [5.41, 5.74) is 13.9. The molecule has 0 fully saturated rings. The van der Waals surface area contributed by atoms with Crippen LogP contribution in [-0.4, -0.2) is 34.9 Å². The Morgan fingerprint density at radius 3 is 2.65 bits per heavy atom. The number of carbonyl (C=O) groups excluding carboxylic acids is 2. The highest BCUT2D eigenvalue weighted by atomic mass is 16.5. The number of rotatable bonds is 11. The molecule has 0 saturated heterocycles. The Morgan fingerprint density at radius 1 is 1.40 bits per heavy atom. The maximum atomic E-state index is 11.8. The van der Waals surface area contributed by atoms with Gasteiger partial charge in [0.25, 0.3) is 5.78 Å². The van der Waals surface area contributed by atoms with E-state index in [1.807, 2.05) is 0 Å². The van der Waals surface area contributed by atoms with Gasteiger partial charge in [-0.05, 0) is 6.42 Å². The number of ether oxygens (including phenoxy) is 1. The first kappa shape index (κ1) is 18.2. The number of unbranched alkanes of at least 4 members (excludes halogenated alkanes) is 3. The van der Waals surface area contributed by atoms with Gasteiger partial charge in [-0.3, -0.25) is 4.79 Å². The highest BCUT2D eigenvalue weighted by Crippen LogP contribution is 2.07. The van der Waals surface area contributed by atoms with Gasteiger partial charge in [0.1, 0.15) is 6.61 Å². The average molecular weight is 281 g/mol. The monoisotopic (exact) mass is 281 g/mol. The lowest BCUT2D eigenvalue weighted by atomic mass is 10.0. The van der Waals surface area contributed by atoms with Crippen molar-refractivity contribution < 1.29 is 19.1 Å². The molecule has 0 aliphatic rings. The van der Waals surface area contributed by atoms with Crippen LogP contribution in [0.15, 0.2) is 12.7 Å². The molecule has 0 aromatic carbocycles. The molecule has 6 nitrogen and oxygen atoms in total. The first-order chi connectivity index (χ1) is 9.56. The molecular weight excluding hydrogens is 258 g/mol. The van der Waals surface area contributed by atoms with E-state index < -0.39 is 17.5 Å². The van der Waals surface area contributed by atoms with Crippen LogP contribution in [0, 0.1) is 0 Å². The summed E-state index contributed by atoms with van der Waals surface area (Å²) in [6.45, 7) is 5.44. The first-order valence-corrected chi connectivity index (χ1v) is 6.85. The zero-order chi connectivity index (χ0) is 15.4. The van der Waals surface area contributed by atoms with Crippen LogP contribution in [0.2, 0.25) is 0 Å². The Balaban J connectivity index is 4.24. The number of nitrogens with two attached hydrogens (primary N) is 1. The van der Waals surface area contributed by atoms with Crippen LogP contribution in [0.3, 0.4) is 0 Å². The van der Waals surface area contributed by atoms with E-state index in [1.165, 1.54) is 6.08 Å². The second-order valence-corrected chi connectivity index (χ2v) is 4.57. The van der Waals surface area contributed by atoms with Gasteiger partial charge < -0.3 is 16.0 Å². The van der Waals surface area contributed by atoms with Crippen LogP contribution in [-0.2, 0) is 14.3 Å². The summed E-state index contributed by atoms with van der Waals surface area (Å²) < 4.78 is 4.65. The summed E-state index contributed by atoms with van der Waals surface area (Å²) in [4.78, 5) is 25.9. The number of esters is 1. The van der Waals surface area contributed by atoms with Crippen molar-refractivity contribution in [2.45, 2.75) is 51.5 Å². The number of hydrogen-bond donors (Lipinski definition) is 1. The van der Waals surface area contributed by atoms with E-state index in [4.69, 9.17) is 11.3 Å². The van der Waals surface area contributed by atoms with Crippen molar-refractivity contribution in [1.29, 1.82) is 0 Å². The fourth-order valence-corrected chi connectivity index (χ4v) is 1.68. The molecule has 0 aliphatic heterocycles. The van der Waals surface area contributed by atoms with E-state index in [0.29, 0.717) is 6.42 Å². The lowest BCUT2D eigenvalue weighted by Crippen LogP contribution is -2.33. The minimum Gasteiger partial charge on any atom is -0.453 e. The highest BCUT2D eigenvalue weighted by Gasteiger charge is 2.31. The van der Waals surface area contributed by atoms with E-state index in [2.05, 4.69) is 23.0 Å². The predicted molar refractivity (Wildman–Crippen MR) is 76.1 cm³/mol. The second kappa shape index (κ2) is 11.1. The highest BCUT2D eigenvalue weighted by molar-refractivity contribution is 6.62. The van der Waals surface area contributed by atoms with Crippen molar-refractivity contribution in [3.05, 3.63) is 18.2 Å². The summed E-state index contributed by atoms with van der Waals surface area (Å²) in [7, 11) is 0. The van der Waals surface area contributed by atoms with Crippen molar-refractivity contribution in [2.24, 2.45) is 5.73 Å². The molecule has 6 heteroatoms. The van der Waals surface area contributed by atoms with Crippen molar-refractivity contribution in [2.75, 3.05) is 6.61 Å². The minimum atomic E-state index is -0.962. The van der Waals surface area contributed by atoms with Gasteiger partial charge in [0.15, 0.2) is 0 Å². The fourth-order valence-electron chi connectivity index (χ4n) is 1.68. The van der Waals surface area contributed by atoms with Crippen molar-refractivity contribution >= 4 is 17.5 Å². The number of nitrogens with zero attached hydrogens (tertiary/aromatic N) is 2. The third-order valence-corrected chi connectivity index (χ3v) is 2.77. The summed E-state index contributed by atoms with van der Waals surface area (Å²) in [6, 6.07) is -0.344. The molecule has 0 aromatic rings. The number of ketones is 1. The largest absolute Gasteiger partial charge is 0.453 e. The lowest BCUT2D eigenvalue weighted by Gasteiger charge is -2.08. The average Bonchev–Trinajstić information content (AvgIpc) is 2.42. The quantitative estimate of drug-likeness (QED) is 0.118. The maximum absolute atomic E-state index is 11.8. The molecule has 112 valence electrons. The van der Waals surface area contributed by atoms with Crippen LogP contribution in [0.25, 0.3) is 5.53 Å².